The van der Waals surface area contributed by atoms with Gasteiger partial charge in [-0.3, -0.25) is 9.59 Å². The van der Waals surface area contributed by atoms with E-state index in [4.69, 9.17) is 0 Å². The van der Waals surface area contributed by atoms with Crippen LogP contribution in [0, 0.1) is 0 Å². The smallest absolute Gasteiger partial charge is 0.221 e. The summed E-state index contributed by atoms with van der Waals surface area (Å²) in [6.07, 6.45) is 1.04. The molecule has 0 aliphatic rings. The third kappa shape index (κ3) is 3.41. The Hall–Kier alpha value is -1.69. The lowest BCUT2D eigenvalue weighted by atomic mass is 10.00. The van der Waals surface area contributed by atoms with Crippen molar-refractivity contribution in [2.24, 2.45) is 0 Å². The van der Waals surface area contributed by atoms with E-state index in [9.17, 15) is 18.0 Å². The van der Waals surface area contributed by atoms with Crippen molar-refractivity contribution in [3.8, 4) is 0 Å². The lowest BCUT2D eigenvalue weighted by Crippen LogP contribution is -2.39. The van der Waals surface area contributed by atoms with Crippen LogP contribution in [0.15, 0.2) is 24.3 Å². The second-order valence-corrected chi connectivity index (χ2v) is 7.44. The van der Waals surface area contributed by atoms with Crippen molar-refractivity contribution in [3.63, 3.8) is 0 Å². The van der Waals surface area contributed by atoms with Crippen molar-refractivity contribution in [1.29, 1.82) is 0 Å². The predicted molar refractivity (Wildman–Crippen MR) is 74.0 cm³/mol. The van der Waals surface area contributed by atoms with Crippen molar-refractivity contribution in [2.45, 2.75) is 25.5 Å². The van der Waals surface area contributed by atoms with E-state index in [0.29, 0.717) is 11.3 Å². The van der Waals surface area contributed by atoms with Gasteiger partial charge in [0.05, 0.1) is 0 Å². The van der Waals surface area contributed by atoms with E-state index < -0.39 is 20.4 Å². The van der Waals surface area contributed by atoms with Crippen LogP contribution in [-0.2, 0) is 14.6 Å². The lowest BCUT2D eigenvalue weighted by Gasteiger charge is -2.20. The van der Waals surface area contributed by atoms with E-state index in [-0.39, 0.29) is 5.91 Å². The van der Waals surface area contributed by atoms with Gasteiger partial charge < -0.3 is 5.32 Å². The molecule has 6 heteroatoms. The Labute approximate surface area is 112 Å². The van der Waals surface area contributed by atoms with Gasteiger partial charge in [0, 0.05) is 24.4 Å². The summed E-state index contributed by atoms with van der Waals surface area (Å²) in [5, 5.41) is 2.57. The number of benzene rings is 1. The van der Waals surface area contributed by atoms with E-state index in [2.05, 4.69) is 5.32 Å². The molecule has 19 heavy (non-hydrogen) atoms. The minimum atomic E-state index is -3.50. The molecule has 0 unspecified atom stereocenters. The fraction of sp³-hybridized carbons (Fsp3) is 0.385. The Bertz CT molecular complexity index is 600. The zero-order chi connectivity index (χ0) is 14.8. The van der Waals surface area contributed by atoms with E-state index in [1.807, 2.05) is 0 Å². The molecular formula is C13H17NO4S. The van der Waals surface area contributed by atoms with Crippen molar-refractivity contribution in [1.82, 2.24) is 0 Å². The van der Waals surface area contributed by atoms with Crippen LogP contribution in [0.4, 0.5) is 5.69 Å². The molecule has 5 nitrogen and oxygen atoms in total. The van der Waals surface area contributed by atoms with Gasteiger partial charge >= 0.3 is 0 Å². The number of hydrogen-bond acceptors (Lipinski definition) is 4. The Kier molecular flexibility index (Phi) is 4.15. The number of carbonyl (C=O) groups is 2. The molecule has 0 saturated carbocycles. The maximum atomic E-state index is 12.2. The van der Waals surface area contributed by atoms with Crippen molar-refractivity contribution >= 4 is 27.2 Å². The fourth-order valence-electron chi connectivity index (χ4n) is 1.42. The molecule has 0 aliphatic carbocycles. The second-order valence-electron chi connectivity index (χ2n) is 4.87. The molecule has 0 spiro atoms. The van der Waals surface area contributed by atoms with Gasteiger partial charge in [-0.1, -0.05) is 0 Å². The van der Waals surface area contributed by atoms with E-state index in [1.165, 1.54) is 32.9 Å². The van der Waals surface area contributed by atoms with E-state index >= 15 is 0 Å². The number of carbonyl (C=O) groups excluding carboxylic acids is 2. The Balaban J connectivity index is 3.06. The molecule has 0 aliphatic heterocycles. The molecule has 0 bridgehead atoms. The topological polar surface area (TPSA) is 80.3 Å². The number of Topliss-reactive ketones (excluding diaryl/α,β-unsaturated/α-hetero) is 1. The molecule has 1 amide bonds. The van der Waals surface area contributed by atoms with Crippen LogP contribution in [0.1, 0.15) is 31.1 Å². The number of nitrogens with one attached hydrogen (secondary N) is 1. The average molecular weight is 283 g/mol. The van der Waals surface area contributed by atoms with Gasteiger partial charge in [0.1, 0.15) is 4.75 Å². The predicted octanol–water partition coefficient (Wildman–Crippen LogP) is 1.65. The van der Waals surface area contributed by atoms with Crippen molar-refractivity contribution < 1.29 is 18.0 Å². The third-order valence-corrected chi connectivity index (χ3v) is 4.98. The minimum absolute atomic E-state index is 0.212. The van der Waals surface area contributed by atoms with Gasteiger partial charge in [-0.2, -0.15) is 0 Å². The quantitative estimate of drug-likeness (QED) is 0.852. The maximum absolute atomic E-state index is 12.2. The summed E-state index contributed by atoms with van der Waals surface area (Å²) in [5.41, 5.74) is 0.853. The van der Waals surface area contributed by atoms with Gasteiger partial charge in [0.2, 0.25) is 5.91 Å². The highest BCUT2D eigenvalue weighted by Gasteiger charge is 2.38. The first kappa shape index (κ1) is 15.4. The summed E-state index contributed by atoms with van der Waals surface area (Å²) >= 11 is 0. The molecule has 104 valence electrons. The number of anilines is 1. The summed E-state index contributed by atoms with van der Waals surface area (Å²) in [7, 11) is -3.50. The van der Waals surface area contributed by atoms with Gasteiger partial charge in [-0.25, -0.2) is 8.42 Å². The van der Waals surface area contributed by atoms with Gasteiger partial charge in [-0.05, 0) is 38.1 Å². The Morgan fingerprint density at radius 1 is 1.11 bits per heavy atom. The molecular weight excluding hydrogens is 266 g/mol. The van der Waals surface area contributed by atoms with Gasteiger partial charge in [0.25, 0.3) is 0 Å². The summed E-state index contributed by atoms with van der Waals surface area (Å²) in [6, 6.07) is 6.13. The van der Waals surface area contributed by atoms with Crippen LogP contribution >= 0.6 is 0 Å². The maximum Gasteiger partial charge on any atom is 0.221 e. The van der Waals surface area contributed by atoms with Crippen LogP contribution in [0.3, 0.4) is 0 Å². The summed E-state index contributed by atoms with van der Waals surface area (Å²) < 4.78 is 21.7. The zero-order valence-electron chi connectivity index (χ0n) is 11.4. The first-order valence-corrected chi connectivity index (χ1v) is 7.57. The van der Waals surface area contributed by atoms with Crippen LogP contribution in [-0.4, -0.2) is 31.1 Å². The first-order valence-electron chi connectivity index (χ1n) is 5.68. The average Bonchev–Trinajstić information content (AvgIpc) is 2.26. The highest BCUT2D eigenvalue weighted by molar-refractivity contribution is 7.92. The molecule has 0 heterocycles. The van der Waals surface area contributed by atoms with Crippen LogP contribution in [0.2, 0.25) is 0 Å². The van der Waals surface area contributed by atoms with Crippen LogP contribution in [0.5, 0.6) is 0 Å². The molecule has 0 fully saturated rings. The number of rotatable bonds is 4. The number of amides is 1. The molecule has 0 radical (unpaired) electrons. The largest absolute Gasteiger partial charge is 0.326 e. The van der Waals surface area contributed by atoms with Gasteiger partial charge in [0.15, 0.2) is 15.6 Å². The summed E-state index contributed by atoms with van der Waals surface area (Å²) in [6.45, 7) is 4.14. The molecule has 1 N–H and O–H groups in total. The SMILES string of the molecule is CC(=O)Nc1ccc(C(=O)C(C)(C)S(C)(=O)=O)cc1. The molecule has 0 aromatic heterocycles. The summed E-state index contributed by atoms with van der Waals surface area (Å²) in [4.78, 5) is 23.0. The second kappa shape index (κ2) is 5.13. The number of sulfone groups is 1. The summed E-state index contributed by atoms with van der Waals surface area (Å²) in [5.74, 6) is -0.681. The first-order chi connectivity index (χ1) is 8.55. The lowest BCUT2D eigenvalue weighted by molar-refractivity contribution is -0.114. The van der Waals surface area contributed by atoms with E-state index in [1.54, 1.807) is 12.1 Å². The van der Waals surface area contributed by atoms with E-state index in [0.717, 1.165) is 6.26 Å². The standard InChI is InChI=1S/C13H17NO4S/c1-9(15)14-11-7-5-10(6-8-11)12(16)13(2,3)19(4,17)18/h5-8H,1-4H3,(H,14,15). The van der Waals surface area contributed by atoms with Crippen molar-refractivity contribution in [3.05, 3.63) is 29.8 Å². The van der Waals surface area contributed by atoms with Crippen LogP contribution in [0.25, 0.3) is 0 Å². The molecule has 0 atom stereocenters. The fourth-order valence-corrected chi connectivity index (χ4v) is 1.88. The molecule has 0 saturated heterocycles. The zero-order valence-corrected chi connectivity index (χ0v) is 12.2. The molecule has 1 rings (SSSR count). The molecule has 1 aromatic rings. The number of hydrogen-bond donors (Lipinski definition) is 1. The third-order valence-electron chi connectivity index (χ3n) is 2.94. The normalized spacial score (nSPS) is 12.0. The highest BCUT2D eigenvalue weighted by atomic mass is 32.2. The van der Waals surface area contributed by atoms with Crippen LogP contribution < -0.4 is 5.32 Å². The Morgan fingerprint density at radius 3 is 1.95 bits per heavy atom. The Morgan fingerprint density at radius 2 is 1.58 bits per heavy atom. The number of ketones is 1. The van der Waals surface area contributed by atoms with Crippen molar-refractivity contribution in [2.75, 3.05) is 11.6 Å². The highest BCUT2D eigenvalue weighted by Crippen LogP contribution is 2.22. The minimum Gasteiger partial charge on any atom is -0.326 e. The monoisotopic (exact) mass is 283 g/mol. The molecule has 1 aromatic carbocycles. The van der Waals surface area contributed by atoms with Gasteiger partial charge in [-0.15, -0.1) is 0 Å².